The number of hydrogen-bond acceptors (Lipinski definition) is 2. The largest absolute Gasteiger partial charge is 0.176 e. The summed E-state index contributed by atoms with van der Waals surface area (Å²) < 4.78 is 0. The molecule has 0 nitrogen and oxygen atoms in total. The topological polar surface area (TPSA) is 0 Å². The fraction of sp³-hybridized carbons (Fsp3) is 0.429. The molecule has 1 aromatic rings. The molecular formula is C7H10S2. The highest BCUT2D eigenvalue weighted by Crippen LogP contribution is 2.10. The molecule has 0 amide bonds. The Labute approximate surface area is 65.3 Å². The van der Waals surface area contributed by atoms with Gasteiger partial charge in [-0.15, -0.1) is 0 Å². The highest BCUT2D eigenvalue weighted by molar-refractivity contribution is 7.80. The van der Waals surface area contributed by atoms with E-state index in [1.54, 1.807) is 11.3 Å². The molecule has 0 bridgehead atoms. The van der Waals surface area contributed by atoms with Crippen molar-refractivity contribution in [2.75, 3.05) is 0 Å². The first kappa shape index (κ1) is 7.16. The van der Waals surface area contributed by atoms with E-state index < -0.39 is 0 Å². The zero-order chi connectivity index (χ0) is 6.69. The minimum atomic E-state index is 0.486. The van der Waals surface area contributed by atoms with Crippen LogP contribution in [0.3, 0.4) is 0 Å². The van der Waals surface area contributed by atoms with Crippen LogP contribution in [-0.2, 0) is 6.42 Å². The minimum absolute atomic E-state index is 0.486. The van der Waals surface area contributed by atoms with E-state index in [4.69, 9.17) is 0 Å². The van der Waals surface area contributed by atoms with Gasteiger partial charge in [-0.05, 0) is 28.8 Å². The quantitative estimate of drug-likeness (QED) is 0.628. The van der Waals surface area contributed by atoms with E-state index in [1.807, 2.05) is 0 Å². The second kappa shape index (κ2) is 3.28. The van der Waals surface area contributed by atoms with Gasteiger partial charge < -0.3 is 0 Å². The van der Waals surface area contributed by atoms with E-state index in [0.29, 0.717) is 5.25 Å². The summed E-state index contributed by atoms with van der Waals surface area (Å²) in [7, 11) is 0. The van der Waals surface area contributed by atoms with Crippen LogP contribution in [0.1, 0.15) is 12.5 Å². The van der Waals surface area contributed by atoms with Crippen molar-refractivity contribution in [1.82, 2.24) is 0 Å². The highest BCUT2D eigenvalue weighted by Gasteiger charge is 1.96. The van der Waals surface area contributed by atoms with Crippen molar-refractivity contribution in [1.29, 1.82) is 0 Å². The molecule has 0 aromatic carbocycles. The van der Waals surface area contributed by atoms with Crippen LogP contribution in [0.15, 0.2) is 16.8 Å². The van der Waals surface area contributed by atoms with Crippen molar-refractivity contribution in [2.24, 2.45) is 0 Å². The number of hydrogen-bond donors (Lipinski definition) is 1. The van der Waals surface area contributed by atoms with Gasteiger partial charge in [0.2, 0.25) is 0 Å². The summed E-state index contributed by atoms with van der Waals surface area (Å²) in [6.07, 6.45) is 1.09. The number of thiophene rings is 1. The predicted molar refractivity (Wildman–Crippen MR) is 46.5 cm³/mol. The molecule has 0 aliphatic heterocycles. The lowest BCUT2D eigenvalue weighted by Crippen LogP contribution is -1.94. The molecule has 1 heterocycles. The molecule has 1 atom stereocenters. The van der Waals surface area contributed by atoms with Gasteiger partial charge >= 0.3 is 0 Å². The minimum Gasteiger partial charge on any atom is -0.176 e. The van der Waals surface area contributed by atoms with Gasteiger partial charge in [0, 0.05) is 5.25 Å². The maximum absolute atomic E-state index is 4.29. The lowest BCUT2D eigenvalue weighted by atomic mass is 10.2. The molecule has 0 saturated carbocycles. The molecule has 1 unspecified atom stereocenters. The van der Waals surface area contributed by atoms with E-state index in [-0.39, 0.29) is 0 Å². The van der Waals surface area contributed by atoms with Crippen molar-refractivity contribution < 1.29 is 0 Å². The first-order valence-electron chi connectivity index (χ1n) is 2.98. The molecule has 0 saturated heterocycles. The molecule has 0 aliphatic rings. The second-order valence-electron chi connectivity index (χ2n) is 2.18. The van der Waals surface area contributed by atoms with Gasteiger partial charge in [-0.1, -0.05) is 6.92 Å². The maximum atomic E-state index is 4.29. The van der Waals surface area contributed by atoms with Crippen LogP contribution in [0.2, 0.25) is 0 Å². The Morgan fingerprint density at radius 3 is 3.00 bits per heavy atom. The van der Waals surface area contributed by atoms with Crippen molar-refractivity contribution in [2.45, 2.75) is 18.6 Å². The monoisotopic (exact) mass is 158 g/mol. The van der Waals surface area contributed by atoms with Crippen molar-refractivity contribution >= 4 is 24.0 Å². The predicted octanol–water partition coefficient (Wildman–Crippen LogP) is 2.61. The van der Waals surface area contributed by atoms with Crippen LogP contribution < -0.4 is 0 Å². The van der Waals surface area contributed by atoms with Gasteiger partial charge in [0.05, 0.1) is 0 Å². The Balaban J connectivity index is 2.48. The Kier molecular flexibility index (Phi) is 2.61. The summed E-state index contributed by atoms with van der Waals surface area (Å²) >= 11 is 6.04. The van der Waals surface area contributed by atoms with E-state index >= 15 is 0 Å². The van der Waals surface area contributed by atoms with Crippen molar-refractivity contribution in [3.05, 3.63) is 22.4 Å². The number of rotatable bonds is 2. The molecule has 0 spiro atoms. The van der Waals surface area contributed by atoms with Gasteiger partial charge in [-0.3, -0.25) is 0 Å². The third-order valence-electron chi connectivity index (χ3n) is 1.11. The van der Waals surface area contributed by atoms with E-state index in [2.05, 4.69) is 36.4 Å². The van der Waals surface area contributed by atoms with Crippen molar-refractivity contribution in [3.8, 4) is 0 Å². The molecule has 50 valence electrons. The molecule has 9 heavy (non-hydrogen) atoms. The standard InChI is InChI=1S/C7H10S2/c1-6(8)4-7-2-3-9-5-7/h2-3,5-6,8H,4H2,1H3. The first-order chi connectivity index (χ1) is 4.29. The first-order valence-corrected chi connectivity index (χ1v) is 4.44. The Morgan fingerprint density at radius 2 is 2.56 bits per heavy atom. The Hall–Kier alpha value is 0.0500. The van der Waals surface area contributed by atoms with E-state index in [0.717, 1.165) is 6.42 Å². The lowest BCUT2D eigenvalue weighted by molar-refractivity contribution is 0.956. The molecule has 0 fully saturated rings. The zero-order valence-corrected chi connectivity index (χ0v) is 7.08. The molecule has 2 heteroatoms. The summed E-state index contributed by atoms with van der Waals surface area (Å²) in [5.74, 6) is 0. The summed E-state index contributed by atoms with van der Waals surface area (Å²) in [6.45, 7) is 2.11. The highest BCUT2D eigenvalue weighted by atomic mass is 32.1. The van der Waals surface area contributed by atoms with Gasteiger partial charge in [-0.25, -0.2) is 0 Å². The average Bonchev–Trinajstić information content (AvgIpc) is 2.15. The smallest absolute Gasteiger partial charge is 0.00291 e. The van der Waals surface area contributed by atoms with Gasteiger partial charge in [0.25, 0.3) is 0 Å². The van der Waals surface area contributed by atoms with Gasteiger partial charge in [0.15, 0.2) is 0 Å². The lowest BCUT2D eigenvalue weighted by Gasteiger charge is -1.98. The van der Waals surface area contributed by atoms with Gasteiger partial charge in [-0.2, -0.15) is 24.0 Å². The molecule has 0 N–H and O–H groups in total. The van der Waals surface area contributed by atoms with Crippen LogP contribution in [-0.4, -0.2) is 5.25 Å². The van der Waals surface area contributed by atoms with Crippen LogP contribution in [0.25, 0.3) is 0 Å². The fourth-order valence-electron chi connectivity index (χ4n) is 0.750. The summed E-state index contributed by atoms with van der Waals surface area (Å²) in [5.41, 5.74) is 1.41. The van der Waals surface area contributed by atoms with Crippen LogP contribution in [0.4, 0.5) is 0 Å². The summed E-state index contributed by atoms with van der Waals surface area (Å²) in [5, 5.41) is 4.76. The fourth-order valence-corrected chi connectivity index (χ4v) is 1.64. The normalized spacial score (nSPS) is 13.6. The van der Waals surface area contributed by atoms with Crippen LogP contribution in [0.5, 0.6) is 0 Å². The third-order valence-corrected chi connectivity index (χ3v) is 2.03. The van der Waals surface area contributed by atoms with Gasteiger partial charge in [0.1, 0.15) is 0 Å². The summed E-state index contributed by atoms with van der Waals surface area (Å²) in [6, 6.07) is 2.15. The van der Waals surface area contributed by atoms with E-state index in [9.17, 15) is 0 Å². The average molecular weight is 158 g/mol. The Morgan fingerprint density at radius 1 is 1.78 bits per heavy atom. The van der Waals surface area contributed by atoms with Crippen LogP contribution >= 0.6 is 24.0 Å². The van der Waals surface area contributed by atoms with Crippen molar-refractivity contribution in [3.63, 3.8) is 0 Å². The molecule has 0 aliphatic carbocycles. The molecule has 1 aromatic heterocycles. The number of thiol groups is 1. The SMILES string of the molecule is CC(S)Cc1ccsc1. The zero-order valence-electron chi connectivity index (χ0n) is 5.37. The molecule has 1 rings (SSSR count). The van der Waals surface area contributed by atoms with Crippen LogP contribution in [0, 0.1) is 0 Å². The van der Waals surface area contributed by atoms with E-state index in [1.165, 1.54) is 5.56 Å². The molecule has 0 radical (unpaired) electrons. The maximum Gasteiger partial charge on any atom is 0.00291 e. The molecular weight excluding hydrogens is 148 g/mol. The third kappa shape index (κ3) is 2.41. The second-order valence-corrected chi connectivity index (χ2v) is 3.85. The Bertz CT molecular complexity index is 153. The summed E-state index contributed by atoms with van der Waals surface area (Å²) in [4.78, 5) is 0.